The molecule has 1 saturated carbocycles. The number of halogens is 4. The minimum absolute atomic E-state index is 0.155. The third kappa shape index (κ3) is 5.28. The van der Waals surface area contributed by atoms with Crippen molar-refractivity contribution in [2.75, 3.05) is 6.61 Å². The molecular formula is C13H20F4O6S. The van der Waals surface area contributed by atoms with Crippen LogP contribution in [0.2, 0.25) is 0 Å². The fraction of sp³-hybridized carbons (Fsp3) is 0.923. The maximum atomic E-state index is 13.2. The van der Waals surface area contributed by atoms with Gasteiger partial charge in [0.05, 0.1) is 18.6 Å². The second-order valence-electron chi connectivity index (χ2n) is 5.83. The number of hydrogen-bond donors (Lipinski definition) is 2. The number of aliphatic hydroxyl groups is 1. The Balaban J connectivity index is 2.32. The molecule has 1 fully saturated rings. The van der Waals surface area contributed by atoms with E-state index in [0.717, 1.165) is 0 Å². The first-order valence-electron chi connectivity index (χ1n) is 7.46. The molecule has 0 saturated heterocycles. The van der Waals surface area contributed by atoms with Crippen molar-refractivity contribution in [1.29, 1.82) is 0 Å². The van der Waals surface area contributed by atoms with Crippen LogP contribution in [-0.2, 0) is 19.6 Å². The summed E-state index contributed by atoms with van der Waals surface area (Å²) in [5.41, 5.74) is 0. The number of ether oxygens (including phenoxy) is 1. The smallest absolute Gasteiger partial charge is 0.431 e. The normalized spacial score (nSPS) is 23.1. The van der Waals surface area contributed by atoms with E-state index in [4.69, 9.17) is 9.29 Å². The van der Waals surface area contributed by atoms with Crippen molar-refractivity contribution >= 4 is 16.1 Å². The molecule has 0 aromatic heterocycles. The molecule has 0 amide bonds. The monoisotopic (exact) mass is 380 g/mol. The highest BCUT2D eigenvalue weighted by Gasteiger charge is 2.64. The van der Waals surface area contributed by atoms with Crippen molar-refractivity contribution in [2.24, 2.45) is 5.92 Å². The Hall–Kier alpha value is -0.940. The number of carbonyl (C=O) groups excluding carboxylic acids is 1. The van der Waals surface area contributed by atoms with E-state index in [1.54, 1.807) is 0 Å². The van der Waals surface area contributed by atoms with Crippen LogP contribution in [0.1, 0.15) is 44.9 Å². The highest BCUT2D eigenvalue weighted by molar-refractivity contribution is 7.87. The lowest BCUT2D eigenvalue weighted by Gasteiger charge is -2.24. The first-order chi connectivity index (χ1) is 10.9. The van der Waals surface area contributed by atoms with Gasteiger partial charge in [-0.05, 0) is 38.5 Å². The minimum atomic E-state index is -6.22. The number of rotatable bonds is 8. The Bertz CT molecular complexity index is 529. The van der Waals surface area contributed by atoms with E-state index in [1.165, 1.54) is 0 Å². The van der Waals surface area contributed by atoms with Gasteiger partial charge in [0.2, 0.25) is 0 Å². The Kier molecular flexibility index (Phi) is 7.00. The summed E-state index contributed by atoms with van der Waals surface area (Å²) in [6.45, 7) is -0.259. The molecule has 0 bridgehead atoms. The zero-order chi connectivity index (χ0) is 18.6. The Morgan fingerprint density at radius 1 is 1.08 bits per heavy atom. The van der Waals surface area contributed by atoms with Gasteiger partial charge in [-0.2, -0.15) is 26.0 Å². The molecule has 0 aliphatic heterocycles. The first kappa shape index (κ1) is 21.1. The Labute approximate surface area is 136 Å². The van der Waals surface area contributed by atoms with Crippen LogP contribution >= 0.6 is 0 Å². The summed E-state index contributed by atoms with van der Waals surface area (Å²) in [6, 6.07) is 0. The highest BCUT2D eigenvalue weighted by Crippen LogP contribution is 2.41. The highest BCUT2D eigenvalue weighted by atomic mass is 32.2. The molecular weight excluding hydrogens is 360 g/mol. The van der Waals surface area contributed by atoms with Gasteiger partial charge < -0.3 is 9.84 Å². The molecule has 142 valence electrons. The van der Waals surface area contributed by atoms with Crippen LogP contribution in [0, 0.1) is 5.92 Å². The Morgan fingerprint density at radius 2 is 1.62 bits per heavy atom. The number of esters is 1. The second kappa shape index (κ2) is 7.96. The summed E-state index contributed by atoms with van der Waals surface area (Å²) < 4.78 is 85.9. The number of unbranched alkanes of at least 4 members (excludes halogenated alkanes) is 1. The average Bonchev–Trinajstić information content (AvgIpc) is 2.46. The zero-order valence-electron chi connectivity index (χ0n) is 12.8. The fourth-order valence-electron chi connectivity index (χ4n) is 2.39. The van der Waals surface area contributed by atoms with Gasteiger partial charge in [0.15, 0.2) is 0 Å². The van der Waals surface area contributed by atoms with Crippen molar-refractivity contribution in [2.45, 2.75) is 62.2 Å². The maximum absolute atomic E-state index is 13.2. The Morgan fingerprint density at radius 3 is 2.12 bits per heavy atom. The van der Waals surface area contributed by atoms with E-state index in [9.17, 15) is 35.9 Å². The lowest BCUT2D eigenvalue weighted by atomic mass is 9.87. The molecule has 6 nitrogen and oxygen atoms in total. The van der Waals surface area contributed by atoms with E-state index in [-0.39, 0.29) is 18.9 Å². The molecule has 0 spiro atoms. The quantitative estimate of drug-likeness (QED) is 0.290. The van der Waals surface area contributed by atoms with Gasteiger partial charge in [-0.1, -0.05) is 0 Å². The van der Waals surface area contributed by atoms with E-state index in [0.29, 0.717) is 25.7 Å². The van der Waals surface area contributed by atoms with Crippen LogP contribution in [0.15, 0.2) is 0 Å². The molecule has 0 aromatic carbocycles. The predicted octanol–water partition coefficient (Wildman–Crippen LogP) is 2.37. The standard InChI is InChI=1S/C13H20F4O6S/c14-12(15,13(16,17)24(20,21)22)7-1-2-8-23-11(19)9-3-5-10(18)6-4-9/h9-10,18H,1-8H2,(H,20,21,22). The van der Waals surface area contributed by atoms with E-state index in [2.05, 4.69) is 0 Å². The molecule has 11 heteroatoms. The van der Waals surface area contributed by atoms with Gasteiger partial charge in [-0.25, -0.2) is 0 Å². The SMILES string of the molecule is O=C(OCCCCC(F)(F)C(F)(F)S(=O)(=O)O)C1CCC(O)CC1. The van der Waals surface area contributed by atoms with E-state index in [1.807, 2.05) is 0 Å². The van der Waals surface area contributed by atoms with E-state index < -0.39 is 46.2 Å². The molecule has 2 N–H and O–H groups in total. The molecule has 1 aliphatic rings. The van der Waals surface area contributed by atoms with Gasteiger partial charge in [0, 0.05) is 6.42 Å². The molecule has 24 heavy (non-hydrogen) atoms. The topological polar surface area (TPSA) is 101 Å². The van der Waals surface area contributed by atoms with Gasteiger partial charge in [-0.3, -0.25) is 9.35 Å². The largest absolute Gasteiger partial charge is 0.465 e. The first-order valence-corrected chi connectivity index (χ1v) is 8.90. The molecule has 0 heterocycles. The fourth-order valence-corrected chi connectivity index (χ4v) is 2.86. The van der Waals surface area contributed by atoms with Crippen molar-refractivity contribution < 1.29 is 45.2 Å². The summed E-state index contributed by atoms with van der Waals surface area (Å²) in [6.07, 6.45) is -0.745. The predicted molar refractivity (Wildman–Crippen MR) is 74.2 cm³/mol. The van der Waals surface area contributed by atoms with Gasteiger partial charge in [0.1, 0.15) is 0 Å². The van der Waals surface area contributed by atoms with Crippen molar-refractivity contribution in [3.8, 4) is 0 Å². The van der Waals surface area contributed by atoms with E-state index >= 15 is 0 Å². The third-order valence-corrected chi connectivity index (χ3v) is 4.86. The molecule has 1 aliphatic carbocycles. The third-order valence-electron chi connectivity index (χ3n) is 3.91. The van der Waals surface area contributed by atoms with Crippen LogP contribution in [0.3, 0.4) is 0 Å². The van der Waals surface area contributed by atoms with Crippen LogP contribution in [0.4, 0.5) is 17.6 Å². The maximum Gasteiger partial charge on any atom is 0.431 e. The van der Waals surface area contributed by atoms with Crippen molar-refractivity contribution in [3.05, 3.63) is 0 Å². The van der Waals surface area contributed by atoms with Crippen LogP contribution in [0.5, 0.6) is 0 Å². The van der Waals surface area contributed by atoms with Gasteiger partial charge in [-0.15, -0.1) is 0 Å². The number of aliphatic hydroxyl groups excluding tert-OH is 1. The molecule has 0 unspecified atom stereocenters. The summed E-state index contributed by atoms with van der Waals surface area (Å²) in [7, 11) is -6.22. The summed E-state index contributed by atoms with van der Waals surface area (Å²) in [5.74, 6) is -5.83. The molecule has 0 radical (unpaired) electrons. The molecule has 0 atom stereocenters. The molecule has 1 rings (SSSR count). The summed E-state index contributed by atoms with van der Waals surface area (Å²) in [4.78, 5) is 11.7. The lowest BCUT2D eigenvalue weighted by Crippen LogP contribution is -2.46. The van der Waals surface area contributed by atoms with Crippen LogP contribution in [-0.4, -0.2) is 47.9 Å². The van der Waals surface area contributed by atoms with Gasteiger partial charge >= 0.3 is 27.3 Å². The zero-order valence-corrected chi connectivity index (χ0v) is 13.6. The second-order valence-corrected chi connectivity index (χ2v) is 7.29. The van der Waals surface area contributed by atoms with Gasteiger partial charge in [0.25, 0.3) is 0 Å². The molecule has 0 aromatic rings. The summed E-state index contributed by atoms with van der Waals surface area (Å²) >= 11 is 0. The number of alkyl halides is 4. The van der Waals surface area contributed by atoms with Crippen molar-refractivity contribution in [3.63, 3.8) is 0 Å². The average molecular weight is 380 g/mol. The minimum Gasteiger partial charge on any atom is -0.465 e. The number of carbonyl (C=O) groups is 1. The van der Waals surface area contributed by atoms with Crippen LogP contribution in [0.25, 0.3) is 0 Å². The lowest BCUT2D eigenvalue weighted by molar-refractivity contribution is -0.165. The summed E-state index contributed by atoms with van der Waals surface area (Å²) in [5, 5.41) is 3.74. The van der Waals surface area contributed by atoms with Crippen LogP contribution < -0.4 is 0 Å². The van der Waals surface area contributed by atoms with Crippen molar-refractivity contribution in [1.82, 2.24) is 0 Å². The number of hydrogen-bond acceptors (Lipinski definition) is 5.